The maximum absolute atomic E-state index is 5.65. The lowest BCUT2D eigenvalue weighted by molar-refractivity contribution is 1.12. The van der Waals surface area contributed by atoms with Gasteiger partial charge in [0.2, 0.25) is 5.28 Å². The quantitative estimate of drug-likeness (QED) is 0.784. The van der Waals surface area contributed by atoms with E-state index in [1.54, 1.807) is 0 Å². The van der Waals surface area contributed by atoms with Crippen molar-refractivity contribution in [3.63, 3.8) is 0 Å². The zero-order valence-electron chi connectivity index (χ0n) is 7.70. The van der Waals surface area contributed by atoms with Crippen LogP contribution in [-0.2, 0) is 6.42 Å². The summed E-state index contributed by atoms with van der Waals surface area (Å²) in [7, 11) is 0. The van der Waals surface area contributed by atoms with Crippen LogP contribution in [0.1, 0.15) is 16.1 Å². The van der Waals surface area contributed by atoms with Gasteiger partial charge in [-0.3, -0.25) is 0 Å². The summed E-state index contributed by atoms with van der Waals surface area (Å²) < 4.78 is 3.93. The van der Waals surface area contributed by atoms with Crippen LogP contribution in [0, 0.1) is 6.92 Å². The van der Waals surface area contributed by atoms with Gasteiger partial charge < -0.3 is 0 Å². The standard InChI is InChI=1S/C10H9ClN2S/c1-7-3-2-4-8(5-7)6-9-12-10(11)13-14-9/h2-5H,6H2,1H3. The van der Waals surface area contributed by atoms with Crippen LogP contribution >= 0.6 is 23.1 Å². The molecule has 1 aromatic heterocycles. The van der Waals surface area contributed by atoms with E-state index in [9.17, 15) is 0 Å². The van der Waals surface area contributed by atoms with E-state index >= 15 is 0 Å². The number of nitrogens with zero attached hydrogens (tertiary/aromatic N) is 2. The van der Waals surface area contributed by atoms with Crippen LogP contribution in [0.25, 0.3) is 0 Å². The second kappa shape index (κ2) is 4.07. The Labute approximate surface area is 91.7 Å². The molecule has 2 aromatic rings. The molecule has 0 atom stereocenters. The third-order valence-electron chi connectivity index (χ3n) is 1.88. The maximum atomic E-state index is 5.65. The SMILES string of the molecule is Cc1cccc(Cc2nc(Cl)ns2)c1. The smallest absolute Gasteiger partial charge is 0.209 e. The van der Waals surface area contributed by atoms with Gasteiger partial charge in [-0.2, -0.15) is 4.37 Å². The van der Waals surface area contributed by atoms with Gasteiger partial charge in [-0.05, 0) is 35.6 Å². The summed E-state index contributed by atoms with van der Waals surface area (Å²) in [4.78, 5) is 4.11. The Hall–Kier alpha value is -0.930. The number of aromatic nitrogens is 2. The Morgan fingerprint density at radius 1 is 1.43 bits per heavy atom. The average molecular weight is 225 g/mol. The van der Waals surface area contributed by atoms with Crippen LogP contribution in [0.3, 0.4) is 0 Å². The minimum atomic E-state index is 0.345. The van der Waals surface area contributed by atoms with Crippen molar-refractivity contribution in [2.45, 2.75) is 13.3 Å². The van der Waals surface area contributed by atoms with Crippen molar-refractivity contribution < 1.29 is 0 Å². The van der Waals surface area contributed by atoms with E-state index in [0.717, 1.165) is 11.4 Å². The number of hydrogen-bond donors (Lipinski definition) is 0. The summed E-state index contributed by atoms with van der Waals surface area (Å²) in [6.07, 6.45) is 0.812. The fourth-order valence-electron chi connectivity index (χ4n) is 1.30. The number of hydrogen-bond acceptors (Lipinski definition) is 3. The van der Waals surface area contributed by atoms with Crippen LogP contribution in [0.2, 0.25) is 5.28 Å². The number of halogens is 1. The molecule has 14 heavy (non-hydrogen) atoms. The average Bonchev–Trinajstić information content (AvgIpc) is 2.51. The van der Waals surface area contributed by atoms with Crippen molar-refractivity contribution in [3.8, 4) is 0 Å². The topological polar surface area (TPSA) is 25.8 Å². The van der Waals surface area contributed by atoms with E-state index in [0.29, 0.717) is 5.28 Å². The van der Waals surface area contributed by atoms with Gasteiger partial charge in [0.25, 0.3) is 0 Å². The van der Waals surface area contributed by atoms with E-state index in [1.807, 2.05) is 6.07 Å². The number of rotatable bonds is 2. The van der Waals surface area contributed by atoms with Crippen LogP contribution in [0.5, 0.6) is 0 Å². The first-order chi connectivity index (χ1) is 6.74. The van der Waals surface area contributed by atoms with E-state index in [1.165, 1.54) is 22.7 Å². The van der Waals surface area contributed by atoms with Gasteiger partial charge in [-0.1, -0.05) is 29.8 Å². The molecule has 0 spiro atoms. The van der Waals surface area contributed by atoms with Crippen molar-refractivity contribution in [2.75, 3.05) is 0 Å². The zero-order chi connectivity index (χ0) is 9.97. The summed E-state index contributed by atoms with van der Waals surface area (Å²) in [5.41, 5.74) is 2.51. The summed E-state index contributed by atoms with van der Waals surface area (Å²) in [5, 5.41) is 1.30. The van der Waals surface area contributed by atoms with Crippen molar-refractivity contribution in [1.29, 1.82) is 0 Å². The highest BCUT2D eigenvalue weighted by Crippen LogP contribution is 2.14. The zero-order valence-corrected chi connectivity index (χ0v) is 9.27. The number of benzene rings is 1. The molecule has 0 bridgehead atoms. The summed E-state index contributed by atoms with van der Waals surface area (Å²) in [5.74, 6) is 0. The minimum Gasteiger partial charge on any atom is -0.209 e. The minimum absolute atomic E-state index is 0.345. The van der Waals surface area contributed by atoms with Gasteiger partial charge in [0.05, 0.1) is 0 Å². The Bertz CT molecular complexity index is 439. The molecule has 0 aliphatic rings. The first kappa shape index (κ1) is 9.62. The lowest BCUT2D eigenvalue weighted by Crippen LogP contribution is -1.87. The van der Waals surface area contributed by atoms with E-state index in [-0.39, 0.29) is 0 Å². The lowest BCUT2D eigenvalue weighted by atomic mass is 10.1. The largest absolute Gasteiger partial charge is 0.234 e. The Morgan fingerprint density at radius 3 is 2.93 bits per heavy atom. The van der Waals surface area contributed by atoms with E-state index in [2.05, 4.69) is 34.5 Å². The van der Waals surface area contributed by atoms with E-state index < -0.39 is 0 Å². The molecule has 4 heteroatoms. The molecule has 0 radical (unpaired) electrons. The van der Waals surface area contributed by atoms with Crippen molar-refractivity contribution in [2.24, 2.45) is 0 Å². The normalized spacial score (nSPS) is 10.4. The van der Waals surface area contributed by atoms with Crippen LogP contribution in [-0.4, -0.2) is 9.36 Å². The fraction of sp³-hybridized carbons (Fsp3) is 0.200. The number of aryl methyl sites for hydroxylation is 1. The molecular weight excluding hydrogens is 216 g/mol. The Balaban J connectivity index is 2.18. The maximum Gasteiger partial charge on any atom is 0.234 e. The highest BCUT2D eigenvalue weighted by Gasteiger charge is 2.02. The van der Waals surface area contributed by atoms with Gasteiger partial charge in [-0.25, -0.2) is 4.98 Å². The molecule has 1 heterocycles. The molecule has 0 unspecified atom stereocenters. The van der Waals surface area contributed by atoms with Crippen molar-refractivity contribution in [1.82, 2.24) is 9.36 Å². The van der Waals surface area contributed by atoms with Gasteiger partial charge in [0, 0.05) is 6.42 Å². The Kier molecular flexibility index (Phi) is 2.79. The molecule has 0 saturated carbocycles. The molecule has 0 aliphatic heterocycles. The highest BCUT2D eigenvalue weighted by atomic mass is 35.5. The van der Waals surface area contributed by atoms with Crippen molar-refractivity contribution in [3.05, 3.63) is 45.7 Å². The first-order valence-corrected chi connectivity index (χ1v) is 5.43. The predicted octanol–water partition coefficient (Wildman–Crippen LogP) is 3.09. The highest BCUT2D eigenvalue weighted by molar-refractivity contribution is 7.05. The molecule has 0 saturated heterocycles. The van der Waals surface area contributed by atoms with Crippen LogP contribution < -0.4 is 0 Å². The molecule has 0 amide bonds. The molecular formula is C10H9ClN2S. The fourth-order valence-corrected chi connectivity index (χ4v) is 2.14. The van der Waals surface area contributed by atoms with Crippen molar-refractivity contribution >= 4 is 23.1 Å². The second-order valence-corrected chi connectivity index (χ2v) is 4.30. The molecule has 2 rings (SSSR count). The Morgan fingerprint density at radius 2 is 2.29 bits per heavy atom. The molecule has 2 nitrogen and oxygen atoms in total. The van der Waals surface area contributed by atoms with Gasteiger partial charge in [-0.15, -0.1) is 0 Å². The first-order valence-electron chi connectivity index (χ1n) is 4.27. The van der Waals surface area contributed by atoms with E-state index in [4.69, 9.17) is 11.6 Å². The van der Waals surface area contributed by atoms with Gasteiger partial charge in [0.1, 0.15) is 5.01 Å². The molecule has 0 fully saturated rings. The molecule has 1 aromatic carbocycles. The third kappa shape index (κ3) is 2.30. The summed E-state index contributed by atoms with van der Waals surface area (Å²) in [6, 6.07) is 8.36. The lowest BCUT2D eigenvalue weighted by Gasteiger charge is -1.98. The monoisotopic (exact) mass is 224 g/mol. The molecule has 0 N–H and O–H groups in total. The third-order valence-corrected chi connectivity index (χ3v) is 2.86. The predicted molar refractivity (Wildman–Crippen MR) is 58.9 cm³/mol. The molecule has 72 valence electrons. The molecule has 0 aliphatic carbocycles. The van der Waals surface area contributed by atoms with Gasteiger partial charge in [0.15, 0.2) is 0 Å². The van der Waals surface area contributed by atoms with Crippen LogP contribution in [0.15, 0.2) is 24.3 Å². The summed E-state index contributed by atoms with van der Waals surface area (Å²) in [6.45, 7) is 2.08. The second-order valence-electron chi connectivity index (χ2n) is 3.12. The summed E-state index contributed by atoms with van der Waals surface area (Å²) >= 11 is 7.00. The van der Waals surface area contributed by atoms with Crippen LogP contribution in [0.4, 0.5) is 0 Å². The van der Waals surface area contributed by atoms with Gasteiger partial charge >= 0.3 is 0 Å².